The number of hydrogen-bond donors (Lipinski definition) is 0. The van der Waals surface area contributed by atoms with Crippen LogP contribution in [0.25, 0.3) is 0 Å². The lowest BCUT2D eigenvalue weighted by Crippen LogP contribution is -2.24. The minimum absolute atomic E-state index is 0.639. The van der Waals surface area contributed by atoms with Crippen molar-refractivity contribution in [1.29, 1.82) is 0 Å². The second-order valence-corrected chi connectivity index (χ2v) is 4.45. The fourth-order valence-electron chi connectivity index (χ4n) is 2.00. The lowest BCUT2D eigenvalue weighted by atomic mass is 9.73. The highest BCUT2D eigenvalue weighted by Gasteiger charge is 2.28. The lowest BCUT2D eigenvalue weighted by Gasteiger charge is -2.34. The van der Waals surface area contributed by atoms with Gasteiger partial charge >= 0.3 is 0 Å². The van der Waals surface area contributed by atoms with Crippen molar-refractivity contribution in [2.45, 2.75) is 38.5 Å². The molecule has 11 heavy (non-hydrogen) atoms. The summed E-state index contributed by atoms with van der Waals surface area (Å²) in [6.45, 7) is 3.84. The van der Waals surface area contributed by atoms with Crippen LogP contribution in [0.5, 0.6) is 0 Å². The third kappa shape index (κ3) is 2.46. The molecule has 0 amide bonds. The number of rotatable bonds is 3. The molecular weight excluding hydrogens is 247 g/mol. The Hall–Kier alpha value is 0.470. The molecule has 0 unspecified atom stereocenters. The summed E-state index contributed by atoms with van der Waals surface area (Å²) in [5.41, 5.74) is 0.639. The van der Waals surface area contributed by atoms with Crippen LogP contribution in [-0.4, -0.2) is 4.43 Å². The molecule has 1 aliphatic rings. The standard InChI is InChI=1S/C10H17I/c1-2-6-10(9-11)7-4-3-5-8-10/h2H,1,3-9H2. The minimum Gasteiger partial charge on any atom is -0.103 e. The quantitative estimate of drug-likeness (QED) is 0.411. The van der Waals surface area contributed by atoms with Gasteiger partial charge < -0.3 is 0 Å². The molecule has 0 N–H and O–H groups in total. The van der Waals surface area contributed by atoms with Crippen LogP contribution in [0.15, 0.2) is 12.7 Å². The van der Waals surface area contributed by atoms with Gasteiger partial charge in [-0.1, -0.05) is 47.9 Å². The Morgan fingerprint density at radius 2 is 1.91 bits per heavy atom. The minimum atomic E-state index is 0.639. The van der Waals surface area contributed by atoms with E-state index in [0.717, 1.165) is 0 Å². The molecule has 64 valence electrons. The van der Waals surface area contributed by atoms with E-state index in [1.165, 1.54) is 43.0 Å². The van der Waals surface area contributed by atoms with Crippen LogP contribution in [0.1, 0.15) is 38.5 Å². The molecule has 0 heterocycles. The topological polar surface area (TPSA) is 0 Å². The predicted molar refractivity (Wildman–Crippen MR) is 59.2 cm³/mol. The van der Waals surface area contributed by atoms with Gasteiger partial charge in [0.15, 0.2) is 0 Å². The smallest absolute Gasteiger partial charge is 0.00549 e. The van der Waals surface area contributed by atoms with E-state index in [0.29, 0.717) is 5.41 Å². The van der Waals surface area contributed by atoms with E-state index in [1.54, 1.807) is 0 Å². The highest BCUT2D eigenvalue weighted by atomic mass is 127. The van der Waals surface area contributed by atoms with Crippen LogP contribution in [0, 0.1) is 5.41 Å². The third-order valence-corrected chi connectivity index (χ3v) is 4.39. The van der Waals surface area contributed by atoms with Gasteiger partial charge in [0.25, 0.3) is 0 Å². The molecule has 1 aliphatic carbocycles. The second-order valence-electron chi connectivity index (χ2n) is 3.69. The molecule has 1 heteroatoms. The SMILES string of the molecule is C=CCC1(CI)CCCCC1. The van der Waals surface area contributed by atoms with Gasteiger partial charge in [-0.3, -0.25) is 0 Å². The summed E-state index contributed by atoms with van der Waals surface area (Å²) in [6.07, 6.45) is 10.5. The average Bonchev–Trinajstić information content (AvgIpc) is 2.07. The van der Waals surface area contributed by atoms with E-state index in [9.17, 15) is 0 Å². The van der Waals surface area contributed by atoms with E-state index in [4.69, 9.17) is 0 Å². The second kappa shape index (κ2) is 4.48. The van der Waals surface area contributed by atoms with Crippen molar-refractivity contribution in [2.24, 2.45) is 5.41 Å². The summed E-state index contributed by atoms with van der Waals surface area (Å²) in [4.78, 5) is 0. The van der Waals surface area contributed by atoms with Crippen molar-refractivity contribution >= 4 is 22.6 Å². The Balaban J connectivity index is 2.49. The predicted octanol–water partition coefficient (Wildman–Crippen LogP) is 3.95. The third-order valence-electron chi connectivity index (χ3n) is 2.78. The first-order chi connectivity index (χ1) is 5.33. The molecule has 0 bridgehead atoms. The van der Waals surface area contributed by atoms with Crippen LogP contribution in [0.4, 0.5) is 0 Å². The van der Waals surface area contributed by atoms with E-state index in [1.807, 2.05) is 0 Å². The molecule has 0 aliphatic heterocycles. The fourth-order valence-corrected chi connectivity index (χ4v) is 3.07. The first-order valence-corrected chi connectivity index (χ1v) is 6.02. The van der Waals surface area contributed by atoms with Crippen LogP contribution < -0.4 is 0 Å². The largest absolute Gasteiger partial charge is 0.103 e. The van der Waals surface area contributed by atoms with Gasteiger partial charge in [0.05, 0.1) is 0 Å². The van der Waals surface area contributed by atoms with Gasteiger partial charge in [0, 0.05) is 4.43 Å². The average molecular weight is 264 g/mol. The summed E-state index contributed by atoms with van der Waals surface area (Å²) in [5, 5.41) is 0. The summed E-state index contributed by atoms with van der Waals surface area (Å²) >= 11 is 2.54. The number of allylic oxidation sites excluding steroid dienone is 1. The van der Waals surface area contributed by atoms with Gasteiger partial charge in [-0.05, 0) is 24.7 Å². The maximum atomic E-state index is 3.84. The van der Waals surface area contributed by atoms with Crippen LogP contribution in [0.3, 0.4) is 0 Å². The van der Waals surface area contributed by atoms with Gasteiger partial charge in [-0.15, -0.1) is 6.58 Å². The van der Waals surface area contributed by atoms with E-state index < -0.39 is 0 Å². The zero-order valence-corrected chi connectivity index (χ0v) is 9.27. The number of alkyl halides is 1. The van der Waals surface area contributed by atoms with Gasteiger partial charge in [-0.25, -0.2) is 0 Å². The maximum Gasteiger partial charge on any atom is 0.00549 e. The maximum absolute atomic E-state index is 3.84. The Labute approximate surface area is 83.6 Å². The lowest BCUT2D eigenvalue weighted by molar-refractivity contribution is 0.230. The summed E-state index contributed by atoms with van der Waals surface area (Å²) in [5.74, 6) is 0. The Bertz CT molecular complexity index is 123. The van der Waals surface area contributed by atoms with Crippen LogP contribution >= 0.6 is 22.6 Å². The summed E-state index contributed by atoms with van der Waals surface area (Å²) < 4.78 is 1.32. The highest BCUT2D eigenvalue weighted by Crippen LogP contribution is 2.40. The zero-order valence-electron chi connectivity index (χ0n) is 7.11. The van der Waals surface area contributed by atoms with Crippen molar-refractivity contribution in [3.63, 3.8) is 0 Å². The molecule has 1 rings (SSSR count). The van der Waals surface area contributed by atoms with E-state index in [2.05, 4.69) is 35.2 Å². The molecule has 0 aromatic heterocycles. The molecule has 0 saturated heterocycles. The van der Waals surface area contributed by atoms with Gasteiger partial charge in [0.2, 0.25) is 0 Å². The first-order valence-electron chi connectivity index (χ1n) is 4.50. The van der Waals surface area contributed by atoms with E-state index in [-0.39, 0.29) is 0 Å². The molecule has 0 atom stereocenters. The molecule has 0 radical (unpaired) electrons. The normalized spacial score (nSPS) is 23.0. The van der Waals surface area contributed by atoms with Gasteiger partial charge in [-0.2, -0.15) is 0 Å². The molecule has 0 spiro atoms. The Kier molecular flexibility index (Phi) is 3.90. The van der Waals surface area contributed by atoms with Crippen molar-refractivity contribution < 1.29 is 0 Å². The van der Waals surface area contributed by atoms with Gasteiger partial charge in [0.1, 0.15) is 0 Å². The van der Waals surface area contributed by atoms with Crippen LogP contribution in [-0.2, 0) is 0 Å². The molecule has 0 aromatic rings. The van der Waals surface area contributed by atoms with E-state index >= 15 is 0 Å². The summed E-state index contributed by atoms with van der Waals surface area (Å²) in [6, 6.07) is 0. The molecule has 0 nitrogen and oxygen atoms in total. The monoisotopic (exact) mass is 264 g/mol. The Morgan fingerprint density at radius 3 is 2.36 bits per heavy atom. The first kappa shape index (κ1) is 9.56. The molecule has 1 fully saturated rings. The number of hydrogen-bond acceptors (Lipinski definition) is 0. The molecule has 0 aromatic carbocycles. The number of halogens is 1. The highest BCUT2D eigenvalue weighted by molar-refractivity contribution is 14.1. The molecular formula is C10H17I. The zero-order chi connectivity index (χ0) is 8.16. The van der Waals surface area contributed by atoms with Crippen molar-refractivity contribution in [3.8, 4) is 0 Å². The van der Waals surface area contributed by atoms with Crippen molar-refractivity contribution in [1.82, 2.24) is 0 Å². The van der Waals surface area contributed by atoms with Crippen molar-refractivity contribution in [2.75, 3.05) is 4.43 Å². The van der Waals surface area contributed by atoms with Crippen molar-refractivity contribution in [3.05, 3.63) is 12.7 Å². The van der Waals surface area contributed by atoms with Crippen LogP contribution in [0.2, 0.25) is 0 Å². The summed E-state index contributed by atoms with van der Waals surface area (Å²) in [7, 11) is 0. The molecule has 1 saturated carbocycles. The fraction of sp³-hybridized carbons (Fsp3) is 0.800. The Morgan fingerprint density at radius 1 is 1.27 bits per heavy atom.